The van der Waals surface area contributed by atoms with Gasteiger partial charge in [-0.3, -0.25) is 9.88 Å². The third kappa shape index (κ3) is 3.37. The Morgan fingerprint density at radius 1 is 1.35 bits per heavy atom. The van der Waals surface area contributed by atoms with Gasteiger partial charge in [-0.15, -0.1) is 0 Å². The molecule has 0 unspecified atom stereocenters. The molecule has 0 spiro atoms. The minimum absolute atomic E-state index is 0.302. The first-order chi connectivity index (χ1) is 11.3. The molecule has 0 bridgehead atoms. The third-order valence-corrected chi connectivity index (χ3v) is 4.82. The van der Waals surface area contributed by atoms with Crippen LogP contribution in [0.5, 0.6) is 5.75 Å². The van der Waals surface area contributed by atoms with E-state index in [1.807, 2.05) is 12.1 Å². The SMILES string of the molecule is Clc1cncc(OC[C@H]2CO[C@@H]3CN(Cc4ccco4)C[C@H]23)c1. The lowest BCUT2D eigenvalue weighted by molar-refractivity contribution is 0.0885. The molecule has 2 aliphatic heterocycles. The average molecular weight is 335 g/mol. The van der Waals surface area contributed by atoms with Crippen LogP contribution in [-0.4, -0.2) is 42.3 Å². The number of nitrogens with zero attached hydrogens (tertiary/aromatic N) is 2. The summed E-state index contributed by atoms with van der Waals surface area (Å²) in [5, 5.41) is 0.591. The predicted molar refractivity (Wildman–Crippen MR) is 85.4 cm³/mol. The van der Waals surface area contributed by atoms with Gasteiger partial charge in [-0.1, -0.05) is 11.6 Å². The Balaban J connectivity index is 1.33. The number of hydrogen-bond acceptors (Lipinski definition) is 5. The van der Waals surface area contributed by atoms with E-state index in [0.717, 1.165) is 32.0 Å². The molecule has 2 aliphatic rings. The van der Waals surface area contributed by atoms with Crippen molar-refractivity contribution in [2.24, 2.45) is 11.8 Å². The summed E-state index contributed by atoms with van der Waals surface area (Å²) in [6.07, 6.45) is 5.32. The Kier molecular flexibility index (Phi) is 4.25. The normalized spacial score (nSPS) is 27.3. The molecule has 0 saturated carbocycles. The molecule has 2 saturated heterocycles. The number of halogens is 1. The summed E-state index contributed by atoms with van der Waals surface area (Å²) in [7, 11) is 0. The van der Waals surface area contributed by atoms with Crippen LogP contribution in [0.1, 0.15) is 5.76 Å². The van der Waals surface area contributed by atoms with E-state index in [0.29, 0.717) is 35.3 Å². The van der Waals surface area contributed by atoms with Crippen LogP contribution in [0.3, 0.4) is 0 Å². The summed E-state index contributed by atoms with van der Waals surface area (Å²) in [5.74, 6) is 2.63. The van der Waals surface area contributed by atoms with E-state index in [9.17, 15) is 0 Å². The number of fused-ring (bicyclic) bond motifs is 1. The molecule has 0 amide bonds. The minimum Gasteiger partial charge on any atom is -0.492 e. The Hall–Kier alpha value is -1.56. The molecule has 5 nitrogen and oxygen atoms in total. The van der Waals surface area contributed by atoms with Crippen molar-refractivity contribution < 1.29 is 13.9 Å². The number of likely N-dealkylation sites (tertiary alicyclic amines) is 1. The van der Waals surface area contributed by atoms with Gasteiger partial charge in [-0.2, -0.15) is 0 Å². The van der Waals surface area contributed by atoms with Gasteiger partial charge >= 0.3 is 0 Å². The van der Waals surface area contributed by atoms with Crippen molar-refractivity contribution in [3.8, 4) is 5.75 Å². The van der Waals surface area contributed by atoms with Crippen LogP contribution in [0.4, 0.5) is 0 Å². The smallest absolute Gasteiger partial charge is 0.139 e. The van der Waals surface area contributed by atoms with Crippen molar-refractivity contribution in [3.05, 3.63) is 47.6 Å². The summed E-state index contributed by atoms with van der Waals surface area (Å²) in [6, 6.07) is 5.74. The van der Waals surface area contributed by atoms with Crippen LogP contribution in [-0.2, 0) is 11.3 Å². The van der Waals surface area contributed by atoms with E-state index < -0.39 is 0 Å². The van der Waals surface area contributed by atoms with Gasteiger partial charge in [0.2, 0.25) is 0 Å². The third-order valence-electron chi connectivity index (χ3n) is 4.62. The number of ether oxygens (including phenoxy) is 2. The zero-order valence-electron chi connectivity index (χ0n) is 12.7. The Labute approximate surface area is 140 Å². The van der Waals surface area contributed by atoms with Crippen LogP contribution in [0, 0.1) is 11.8 Å². The van der Waals surface area contributed by atoms with Crippen molar-refractivity contribution in [1.29, 1.82) is 0 Å². The molecule has 0 N–H and O–H groups in total. The molecule has 2 aromatic rings. The summed E-state index contributed by atoms with van der Waals surface area (Å²) in [4.78, 5) is 6.43. The summed E-state index contributed by atoms with van der Waals surface area (Å²) >= 11 is 5.93. The molecule has 2 fully saturated rings. The lowest BCUT2D eigenvalue weighted by Crippen LogP contribution is -2.26. The number of hydrogen-bond donors (Lipinski definition) is 0. The molecule has 2 aromatic heterocycles. The molecule has 0 radical (unpaired) electrons. The quantitative estimate of drug-likeness (QED) is 0.841. The monoisotopic (exact) mass is 334 g/mol. The fraction of sp³-hybridized carbons (Fsp3) is 0.471. The maximum absolute atomic E-state index is 5.96. The number of rotatable bonds is 5. The van der Waals surface area contributed by atoms with Crippen LogP contribution in [0.15, 0.2) is 41.3 Å². The van der Waals surface area contributed by atoms with Crippen LogP contribution in [0.2, 0.25) is 5.02 Å². The topological polar surface area (TPSA) is 47.7 Å². The van der Waals surface area contributed by atoms with Gasteiger partial charge in [0.15, 0.2) is 0 Å². The van der Waals surface area contributed by atoms with Crippen molar-refractivity contribution in [2.45, 2.75) is 12.6 Å². The molecule has 4 rings (SSSR count). The van der Waals surface area contributed by atoms with Crippen LogP contribution < -0.4 is 4.74 Å². The summed E-state index contributed by atoms with van der Waals surface area (Å²) < 4.78 is 17.2. The zero-order valence-corrected chi connectivity index (χ0v) is 13.5. The zero-order chi connectivity index (χ0) is 15.6. The lowest BCUT2D eigenvalue weighted by atomic mass is 9.94. The molecule has 0 aliphatic carbocycles. The fourth-order valence-corrected chi connectivity index (χ4v) is 3.64. The number of pyridine rings is 1. The molecule has 4 heterocycles. The highest BCUT2D eigenvalue weighted by Crippen LogP contribution is 2.34. The van der Waals surface area contributed by atoms with Gasteiger partial charge in [0.25, 0.3) is 0 Å². The van der Waals surface area contributed by atoms with Crippen LogP contribution in [0.25, 0.3) is 0 Å². The molecule has 6 heteroatoms. The standard InChI is InChI=1S/C17H19ClN2O3/c18-13-4-15(6-19-5-13)22-10-12-11-23-17-9-20(8-16(12)17)7-14-2-1-3-21-14/h1-6,12,16-17H,7-11H2/t12-,16+,17+/m0/s1. The van der Waals surface area contributed by atoms with E-state index in [1.165, 1.54) is 0 Å². The maximum atomic E-state index is 5.96. The molecular formula is C17H19ClN2O3. The van der Waals surface area contributed by atoms with Gasteiger partial charge in [0.05, 0.1) is 43.3 Å². The fourth-order valence-electron chi connectivity index (χ4n) is 3.48. The van der Waals surface area contributed by atoms with E-state index in [4.69, 9.17) is 25.5 Å². The Bertz CT molecular complexity index is 649. The summed E-state index contributed by atoms with van der Waals surface area (Å²) in [5.41, 5.74) is 0. The van der Waals surface area contributed by atoms with Gasteiger partial charge in [-0.25, -0.2) is 0 Å². The first kappa shape index (κ1) is 15.0. The maximum Gasteiger partial charge on any atom is 0.139 e. The van der Waals surface area contributed by atoms with Gasteiger partial charge in [-0.05, 0) is 12.1 Å². The molecule has 23 heavy (non-hydrogen) atoms. The average Bonchev–Trinajstić information content (AvgIpc) is 3.24. The largest absolute Gasteiger partial charge is 0.492 e. The van der Waals surface area contributed by atoms with Crippen molar-refractivity contribution >= 4 is 11.6 Å². The van der Waals surface area contributed by atoms with Crippen LogP contribution >= 0.6 is 11.6 Å². The van der Waals surface area contributed by atoms with E-state index in [1.54, 1.807) is 24.7 Å². The number of aromatic nitrogens is 1. The minimum atomic E-state index is 0.302. The summed E-state index contributed by atoms with van der Waals surface area (Å²) in [6.45, 7) is 4.22. The van der Waals surface area contributed by atoms with Crippen molar-refractivity contribution in [2.75, 3.05) is 26.3 Å². The van der Waals surface area contributed by atoms with Crippen molar-refractivity contribution in [3.63, 3.8) is 0 Å². The first-order valence-corrected chi connectivity index (χ1v) is 8.25. The first-order valence-electron chi connectivity index (χ1n) is 7.87. The molecule has 3 atom stereocenters. The Morgan fingerprint density at radius 2 is 2.30 bits per heavy atom. The van der Waals surface area contributed by atoms with Crippen molar-refractivity contribution in [1.82, 2.24) is 9.88 Å². The van der Waals surface area contributed by atoms with E-state index >= 15 is 0 Å². The van der Waals surface area contributed by atoms with E-state index in [2.05, 4.69) is 9.88 Å². The van der Waals surface area contributed by atoms with Gasteiger partial charge in [0.1, 0.15) is 11.5 Å². The predicted octanol–water partition coefficient (Wildman–Crippen LogP) is 2.85. The van der Waals surface area contributed by atoms with Gasteiger partial charge < -0.3 is 13.9 Å². The highest BCUT2D eigenvalue weighted by atomic mass is 35.5. The second-order valence-corrected chi connectivity index (χ2v) is 6.66. The van der Waals surface area contributed by atoms with Gasteiger partial charge in [0, 0.05) is 37.2 Å². The highest BCUT2D eigenvalue weighted by Gasteiger charge is 2.44. The second kappa shape index (κ2) is 6.51. The molecule has 122 valence electrons. The lowest BCUT2D eigenvalue weighted by Gasteiger charge is -2.19. The molecular weight excluding hydrogens is 316 g/mol. The van der Waals surface area contributed by atoms with E-state index in [-0.39, 0.29) is 0 Å². The highest BCUT2D eigenvalue weighted by molar-refractivity contribution is 6.30. The number of furan rings is 1. The molecule has 0 aromatic carbocycles. The second-order valence-electron chi connectivity index (χ2n) is 6.22. The Morgan fingerprint density at radius 3 is 3.13 bits per heavy atom.